The molecule has 3 heterocycles. The highest BCUT2D eigenvalue weighted by Crippen LogP contribution is 2.58. The number of carbonyl (C=O) groups is 3. The number of benzene rings is 7. The topological polar surface area (TPSA) is 131 Å². The van der Waals surface area contributed by atoms with Crippen molar-refractivity contribution in [1.82, 2.24) is 15.2 Å². The van der Waals surface area contributed by atoms with Crippen LogP contribution in [-0.4, -0.2) is 69.9 Å². The number of fused-ring (bicyclic) bond motifs is 1. The van der Waals surface area contributed by atoms with E-state index in [2.05, 4.69) is 125 Å². The van der Waals surface area contributed by atoms with Gasteiger partial charge in [-0.25, -0.2) is 9.78 Å². The number of β-lactam (4-membered cyclic amide) rings is 1. The summed E-state index contributed by atoms with van der Waals surface area (Å²) in [6.07, 6.45) is 3.96. The number of esters is 1. The second kappa shape index (κ2) is 24.7. The molecule has 0 unspecified atom stereocenters. The molecule has 15 heteroatoms. The van der Waals surface area contributed by atoms with Crippen LogP contribution >= 0.6 is 30.4 Å². The maximum Gasteiger partial charge on any atom is 0.355 e. The minimum atomic E-state index is -2.53. The molecule has 11 rings (SSSR count). The molecule has 0 radical (unpaired) electrons. The maximum atomic E-state index is 15.0. The third-order valence-electron chi connectivity index (χ3n) is 14.5. The first kappa shape index (κ1) is 54.3. The van der Waals surface area contributed by atoms with E-state index in [1.807, 2.05) is 97.1 Å². The number of aromatic nitrogens is 1. The van der Waals surface area contributed by atoms with Gasteiger partial charge in [0.2, 0.25) is 0 Å². The van der Waals surface area contributed by atoms with Gasteiger partial charge in [-0.2, -0.15) is 0 Å². The fourth-order valence-corrected chi connectivity index (χ4v) is 17.3. The summed E-state index contributed by atoms with van der Waals surface area (Å²) in [6.45, 7) is -0.0234. The Morgan fingerprint density at radius 1 is 0.705 bits per heavy atom. The number of halogens is 1. The first-order valence-electron chi connectivity index (χ1n) is 25.8. The number of anilines is 1. The van der Waals surface area contributed by atoms with Gasteiger partial charge in [-0.1, -0.05) is 163 Å². The highest BCUT2D eigenvalue weighted by molar-refractivity contribution is 8.00. The standard InChI is InChI=1S/C63H56N5O6PS2.HI/c1-72-49-38-36-44(37-39-49)40-73-61(71)57-45(41-75(51-30-14-5-15-31-51,52-32-16-6-17-33-52)53-34-18-7-19-35-53)42-76-60-56(59(70)68(57)60)65-58(69)55(67-74-50-28-20-21-29-50)54-43-77-62(64-54)66-63(46-22-8-2-9-23-46,47-24-10-3-11-25-47)48-26-12-4-13-27-48;/h2-19,22-27,30-39,43,50,56,60H,20-21,28-29,40-42H2,1H3,(H-,64,65,66,69);1H/b67-55-;/t56-,60-;/m1./s1. The Balaban J connectivity index is 0.00000688. The van der Waals surface area contributed by atoms with E-state index < -0.39 is 42.0 Å². The van der Waals surface area contributed by atoms with Gasteiger partial charge < -0.3 is 48.9 Å². The maximum absolute atomic E-state index is 15.0. The number of hydrogen-bond acceptors (Lipinski definition) is 11. The molecule has 2 N–H and O–H groups in total. The molecule has 7 aromatic carbocycles. The van der Waals surface area contributed by atoms with Crippen LogP contribution in [0.15, 0.2) is 228 Å². The lowest BCUT2D eigenvalue weighted by atomic mass is 9.77. The highest BCUT2D eigenvalue weighted by atomic mass is 127. The molecule has 2 atom stereocenters. The molecule has 2 fully saturated rings. The summed E-state index contributed by atoms with van der Waals surface area (Å²) in [5, 5.41) is 16.5. The summed E-state index contributed by atoms with van der Waals surface area (Å²) in [5.41, 5.74) is 4.14. The Kier molecular flexibility index (Phi) is 17.2. The number of oxime groups is 1. The molecule has 2 aliphatic heterocycles. The SMILES string of the molecule is COc1ccc(COC(=O)C2=C(C[P+](c3ccccc3)(c3ccccc3)c3ccccc3)CS[C@@H]3[C@H](NC(=O)/C(=N\OC4CCCC4)c4csc(NC(c5ccccc5)(c5ccccc5)c5ccccc5)n4)C(=O)N23)cc1.[I-]. The van der Waals surface area contributed by atoms with E-state index in [1.165, 1.54) is 28.0 Å². The normalized spacial score (nSPS) is 16.6. The van der Waals surface area contributed by atoms with E-state index in [0.29, 0.717) is 28.5 Å². The molecule has 3 aliphatic rings. The lowest BCUT2D eigenvalue weighted by Gasteiger charge is -2.50. The van der Waals surface area contributed by atoms with Gasteiger partial charge in [-0.15, -0.1) is 23.1 Å². The van der Waals surface area contributed by atoms with Crippen molar-refractivity contribution in [3.8, 4) is 5.75 Å². The van der Waals surface area contributed by atoms with Crippen LogP contribution in [0.25, 0.3) is 0 Å². The number of amides is 2. The largest absolute Gasteiger partial charge is 1.00 e. The predicted octanol–water partition coefficient (Wildman–Crippen LogP) is 7.61. The van der Waals surface area contributed by atoms with Crippen LogP contribution in [0, 0.1) is 0 Å². The summed E-state index contributed by atoms with van der Waals surface area (Å²) >= 11 is 2.87. The Morgan fingerprint density at radius 2 is 1.21 bits per heavy atom. The molecule has 1 aromatic heterocycles. The Hall–Kier alpha value is -7.10. The number of hydrogen-bond donors (Lipinski definition) is 2. The second-order valence-corrected chi connectivity index (χ2v) is 24.6. The minimum absolute atomic E-state index is 0. The number of nitrogens with zero attached hydrogens (tertiary/aromatic N) is 3. The molecule has 2 amide bonds. The molecular weight excluding hydrogens is 1140 g/mol. The first-order valence-corrected chi connectivity index (χ1v) is 29.7. The number of carbonyl (C=O) groups excluding carboxylic acids is 3. The zero-order valence-electron chi connectivity index (χ0n) is 42.8. The third-order valence-corrected chi connectivity index (χ3v) is 21.0. The molecule has 11 nitrogen and oxygen atoms in total. The van der Waals surface area contributed by atoms with Crippen molar-refractivity contribution < 1.29 is 52.7 Å². The Bertz CT molecular complexity index is 3200. The van der Waals surface area contributed by atoms with Crippen LogP contribution in [0.5, 0.6) is 5.75 Å². The molecule has 78 heavy (non-hydrogen) atoms. The predicted molar refractivity (Wildman–Crippen MR) is 310 cm³/mol. The van der Waals surface area contributed by atoms with Crippen molar-refractivity contribution >= 4 is 74.9 Å². The minimum Gasteiger partial charge on any atom is -1.00 e. The smallest absolute Gasteiger partial charge is 0.355 e. The van der Waals surface area contributed by atoms with Gasteiger partial charge in [0, 0.05) is 16.7 Å². The average molecular weight is 1200 g/mol. The van der Waals surface area contributed by atoms with E-state index >= 15 is 0 Å². The van der Waals surface area contributed by atoms with E-state index in [4.69, 9.17) is 19.3 Å². The van der Waals surface area contributed by atoms with Crippen molar-refractivity contribution in [3.63, 3.8) is 0 Å². The average Bonchev–Trinajstić information content (AvgIpc) is 4.23. The van der Waals surface area contributed by atoms with Gasteiger partial charge in [0.15, 0.2) is 10.8 Å². The van der Waals surface area contributed by atoms with Gasteiger partial charge in [0.1, 0.15) is 70.0 Å². The third kappa shape index (κ3) is 11.0. The van der Waals surface area contributed by atoms with Crippen molar-refractivity contribution in [1.29, 1.82) is 0 Å². The van der Waals surface area contributed by atoms with Crippen molar-refractivity contribution in [2.75, 3.05) is 24.3 Å². The number of thioether (sulfide) groups is 1. The van der Waals surface area contributed by atoms with Crippen LogP contribution in [0.4, 0.5) is 5.13 Å². The molecule has 1 saturated carbocycles. The van der Waals surface area contributed by atoms with Crippen LogP contribution in [0.3, 0.4) is 0 Å². The van der Waals surface area contributed by atoms with Crippen molar-refractivity contribution in [2.45, 2.75) is 55.3 Å². The number of nitrogens with one attached hydrogen (secondary N) is 2. The van der Waals surface area contributed by atoms with Crippen LogP contribution in [0.1, 0.15) is 53.6 Å². The van der Waals surface area contributed by atoms with Gasteiger partial charge in [0.25, 0.3) is 11.8 Å². The van der Waals surface area contributed by atoms with Gasteiger partial charge in [-0.05, 0) is 96.5 Å². The molecular formula is C63H57IN5O6PS2. The van der Waals surface area contributed by atoms with Crippen molar-refractivity contribution in [3.05, 3.63) is 251 Å². The summed E-state index contributed by atoms with van der Waals surface area (Å²) < 4.78 is 11.5. The molecule has 0 spiro atoms. The van der Waals surface area contributed by atoms with E-state index in [9.17, 15) is 14.4 Å². The van der Waals surface area contributed by atoms with Crippen LogP contribution in [-0.2, 0) is 36.1 Å². The molecule has 394 valence electrons. The zero-order valence-corrected chi connectivity index (χ0v) is 47.5. The Labute approximate surface area is 480 Å². The van der Waals surface area contributed by atoms with Crippen LogP contribution in [0.2, 0.25) is 0 Å². The van der Waals surface area contributed by atoms with Gasteiger partial charge >= 0.3 is 5.97 Å². The van der Waals surface area contributed by atoms with Crippen LogP contribution < -0.4 is 55.3 Å². The lowest BCUT2D eigenvalue weighted by molar-refractivity contribution is -0.153. The fourth-order valence-electron chi connectivity index (χ4n) is 10.7. The van der Waals surface area contributed by atoms with Gasteiger partial charge in [0.05, 0.1) is 13.3 Å². The molecule has 1 saturated heterocycles. The van der Waals surface area contributed by atoms with E-state index in [-0.39, 0.29) is 48.1 Å². The summed E-state index contributed by atoms with van der Waals surface area (Å²) in [5.74, 6) is -0.567. The highest BCUT2D eigenvalue weighted by Gasteiger charge is 2.57. The fraction of sp³-hybridized carbons (Fsp3) is 0.190. The lowest BCUT2D eigenvalue weighted by Crippen LogP contribution is -3.00. The summed E-state index contributed by atoms with van der Waals surface area (Å²) in [4.78, 5) is 57.5. The Morgan fingerprint density at radius 3 is 1.71 bits per heavy atom. The summed E-state index contributed by atoms with van der Waals surface area (Å²) in [6, 6.07) is 68.4. The first-order chi connectivity index (χ1) is 37.9. The van der Waals surface area contributed by atoms with Gasteiger partial charge in [-0.3, -0.25) is 14.5 Å². The zero-order chi connectivity index (χ0) is 52.6. The summed E-state index contributed by atoms with van der Waals surface area (Å²) in [7, 11) is -0.934. The number of methoxy groups -OCH3 is 1. The quantitative estimate of drug-likeness (QED) is 0.0160. The number of rotatable bonds is 19. The molecule has 1 aliphatic carbocycles. The van der Waals surface area contributed by atoms with E-state index in [0.717, 1.165) is 69.4 Å². The van der Waals surface area contributed by atoms with Crippen molar-refractivity contribution in [2.24, 2.45) is 5.16 Å². The second-order valence-electron chi connectivity index (χ2n) is 19.2. The monoisotopic (exact) mass is 1200 g/mol. The number of ether oxygens (including phenoxy) is 2. The van der Waals surface area contributed by atoms with E-state index in [1.54, 1.807) is 12.5 Å². The number of thiazole rings is 1. The molecule has 0 bridgehead atoms. The molecule has 8 aromatic rings.